The average molecular weight is 301 g/mol. The molecule has 118 valence electrons. The molecular weight excluding hydrogens is 278 g/mol. The van der Waals surface area contributed by atoms with Crippen molar-refractivity contribution in [2.24, 2.45) is 17.4 Å². The standard InChI is InChI=1S/C17H23N3O2/c18-14-7-3-6-12(14)9-16(21)20-10-13-5-2-1-4-11(13)8-15(20)17(19)22/h1-2,4-5,12,14-15H,3,6-10,18H2,(H2,19,22)/t12-,14+,15?/m0/s1. The van der Waals surface area contributed by atoms with E-state index in [1.807, 2.05) is 24.3 Å². The number of rotatable bonds is 3. The summed E-state index contributed by atoms with van der Waals surface area (Å²) in [5, 5.41) is 0. The van der Waals surface area contributed by atoms with Crippen LogP contribution in [0.1, 0.15) is 36.8 Å². The van der Waals surface area contributed by atoms with Gasteiger partial charge in [0.15, 0.2) is 0 Å². The Hall–Kier alpha value is -1.88. The first-order valence-electron chi connectivity index (χ1n) is 7.97. The van der Waals surface area contributed by atoms with Crippen LogP contribution in [0.3, 0.4) is 0 Å². The number of benzene rings is 1. The first-order valence-corrected chi connectivity index (χ1v) is 7.97. The number of carbonyl (C=O) groups is 2. The van der Waals surface area contributed by atoms with Gasteiger partial charge in [-0.25, -0.2) is 0 Å². The fraction of sp³-hybridized carbons (Fsp3) is 0.529. The maximum Gasteiger partial charge on any atom is 0.240 e. The van der Waals surface area contributed by atoms with E-state index in [1.54, 1.807) is 4.90 Å². The second-order valence-electron chi connectivity index (χ2n) is 6.47. The highest BCUT2D eigenvalue weighted by atomic mass is 16.2. The molecular formula is C17H23N3O2. The van der Waals surface area contributed by atoms with Gasteiger partial charge >= 0.3 is 0 Å². The summed E-state index contributed by atoms with van der Waals surface area (Å²) in [6, 6.07) is 7.48. The molecule has 1 aliphatic carbocycles. The Morgan fingerprint density at radius 3 is 2.55 bits per heavy atom. The van der Waals surface area contributed by atoms with E-state index in [2.05, 4.69) is 0 Å². The van der Waals surface area contributed by atoms with E-state index in [1.165, 1.54) is 0 Å². The molecule has 2 aliphatic rings. The maximum atomic E-state index is 12.7. The van der Waals surface area contributed by atoms with E-state index in [0.717, 1.165) is 30.4 Å². The summed E-state index contributed by atoms with van der Waals surface area (Å²) in [4.78, 5) is 26.1. The van der Waals surface area contributed by atoms with Gasteiger partial charge in [-0.1, -0.05) is 30.7 Å². The Morgan fingerprint density at radius 1 is 1.18 bits per heavy atom. The fourth-order valence-corrected chi connectivity index (χ4v) is 3.70. The summed E-state index contributed by atoms with van der Waals surface area (Å²) in [6.07, 6.45) is 4.00. The van der Waals surface area contributed by atoms with E-state index < -0.39 is 11.9 Å². The van der Waals surface area contributed by atoms with E-state index in [4.69, 9.17) is 11.5 Å². The predicted octanol–water partition coefficient (Wildman–Crippen LogP) is 0.943. The molecule has 1 aromatic rings. The van der Waals surface area contributed by atoms with Crippen molar-refractivity contribution < 1.29 is 9.59 Å². The van der Waals surface area contributed by atoms with Crippen LogP contribution in [0.2, 0.25) is 0 Å². The average Bonchev–Trinajstić information content (AvgIpc) is 2.91. The summed E-state index contributed by atoms with van der Waals surface area (Å²) < 4.78 is 0. The number of fused-ring (bicyclic) bond motifs is 1. The van der Waals surface area contributed by atoms with E-state index >= 15 is 0 Å². The van der Waals surface area contributed by atoms with Gasteiger partial charge in [-0.2, -0.15) is 0 Å². The fourth-order valence-electron chi connectivity index (χ4n) is 3.70. The molecule has 1 aliphatic heterocycles. The van der Waals surface area contributed by atoms with Gasteiger partial charge in [0.25, 0.3) is 0 Å². The minimum atomic E-state index is -0.542. The Labute approximate surface area is 130 Å². The van der Waals surface area contributed by atoms with Crippen molar-refractivity contribution in [3.05, 3.63) is 35.4 Å². The highest BCUT2D eigenvalue weighted by molar-refractivity contribution is 5.87. The van der Waals surface area contributed by atoms with Crippen molar-refractivity contribution in [2.75, 3.05) is 0 Å². The van der Waals surface area contributed by atoms with Crippen molar-refractivity contribution in [1.82, 2.24) is 4.90 Å². The largest absolute Gasteiger partial charge is 0.368 e. The van der Waals surface area contributed by atoms with Crippen molar-refractivity contribution in [3.8, 4) is 0 Å². The third-order valence-electron chi connectivity index (χ3n) is 5.05. The third-order valence-corrected chi connectivity index (χ3v) is 5.05. The van der Waals surface area contributed by atoms with Crippen LogP contribution in [0.5, 0.6) is 0 Å². The third kappa shape index (κ3) is 2.86. The molecule has 0 radical (unpaired) electrons. The van der Waals surface area contributed by atoms with Crippen LogP contribution in [-0.4, -0.2) is 28.8 Å². The predicted molar refractivity (Wildman–Crippen MR) is 83.6 cm³/mol. The monoisotopic (exact) mass is 301 g/mol. The molecule has 0 saturated heterocycles. The van der Waals surface area contributed by atoms with Gasteiger partial charge in [0.2, 0.25) is 11.8 Å². The van der Waals surface area contributed by atoms with Gasteiger partial charge in [-0.3, -0.25) is 9.59 Å². The van der Waals surface area contributed by atoms with Crippen LogP contribution in [0, 0.1) is 5.92 Å². The second kappa shape index (κ2) is 6.08. The van der Waals surface area contributed by atoms with Gasteiger partial charge in [0.1, 0.15) is 6.04 Å². The number of amides is 2. The first-order chi connectivity index (χ1) is 10.6. The Morgan fingerprint density at radius 2 is 1.91 bits per heavy atom. The van der Waals surface area contributed by atoms with Crippen LogP contribution >= 0.6 is 0 Å². The summed E-state index contributed by atoms with van der Waals surface area (Å²) in [7, 11) is 0. The van der Waals surface area contributed by atoms with E-state index in [0.29, 0.717) is 19.4 Å². The summed E-state index contributed by atoms with van der Waals surface area (Å²) >= 11 is 0. The highest BCUT2D eigenvalue weighted by Crippen LogP contribution is 2.30. The molecule has 22 heavy (non-hydrogen) atoms. The summed E-state index contributed by atoms with van der Waals surface area (Å²) in [6.45, 7) is 0.463. The highest BCUT2D eigenvalue weighted by Gasteiger charge is 2.35. The smallest absolute Gasteiger partial charge is 0.240 e. The minimum absolute atomic E-state index is 0.000605. The molecule has 4 N–H and O–H groups in total. The van der Waals surface area contributed by atoms with Crippen molar-refractivity contribution in [1.29, 1.82) is 0 Å². The van der Waals surface area contributed by atoms with Gasteiger partial charge in [-0.15, -0.1) is 0 Å². The zero-order valence-electron chi connectivity index (χ0n) is 12.7. The normalized spacial score (nSPS) is 27.5. The van der Waals surface area contributed by atoms with Gasteiger partial charge in [-0.05, 0) is 29.9 Å². The van der Waals surface area contributed by atoms with Crippen molar-refractivity contribution in [3.63, 3.8) is 0 Å². The van der Waals surface area contributed by atoms with Crippen LogP contribution in [-0.2, 0) is 22.6 Å². The molecule has 1 aromatic carbocycles. The van der Waals surface area contributed by atoms with Crippen LogP contribution in [0.25, 0.3) is 0 Å². The van der Waals surface area contributed by atoms with Gasteiger partial charge < -0.3 is 16.4 Å². The molecule has 1 unspecified atom stereocenters. The molecule has 1 saturated carbocycles. The molecule has 1 fully saturated rings. The number of hydrogen-bond donors (Lipinski definition) is 2. The molecule has 2 amide bonds. The Balaban J connectivity index is 1.78. The van der Waals surface area contributed by atoms with Crippen molar-refractivity contribution in [2.45, 2.75) is 50.7 Å². The SMILES string of the molecule is NC(=O)C1Cc2ccccc2CN1C(=O)C[C@@H]1CCC[C@H]1N. The topological polar surface area (TPSA) is 89.4 Å². The minimum Gasteiger partial charge on any atom is -0.368 e. The van der Waals surface area contributed by atoms with Gasteiger partial charge in [0.05, 0.1) is 0 Å². The maximum absolute atomic E-state index is 12.7. The zero-order chi connectivity index (χ0) is 15.7. The molecule has 0 spiro atoms. The quantitative estimate of drug-likeness (QED) is 0.870. The number of nitrogens with zero attached hydrogens (tertiary/aromatic N) is 1. The zero-order valence-corrected chi connectivity index (χ0v) is 12.7. The molecule has 3 atom stereocenters. The molecule has 3 rings (SSSR count). The van der Waals surface area contributed by atoms with E-state index in [-0.39, 0.29) is 17.9 Å². The molecule has 5 heteroatoms. The lowest BCUT2D eigenvalue weighted by Gasteiger charge is -2.36. The second-order valence-corrected chi connectivity index (χ2v) is 6.47. The number of primary amides is 1. The lowest BCUT2D eigenvalue weighted by molar-refractivity contribution is -0.141. The Bertz CT molecular complexity index is 587. The first kappa shape index (κ1) is 15.0. The van der Waals surface area contributed by atoms with E-state index in [9.17, 15) is 9.59 Å². The number of hydrogen-bond acceptors (Lipinski definition) is 3. The molecule has 0 aromatic heterocycles. The molecule has 1 heterocycles. The van der Waals surface area contributed by atoms with Crippen molar-refractivity contribution >= 4 is 11.8 Å². The summed E-state index contributed by atoms with van der Waals surface area (Å²) in [5.41, 5.74) is 13.8. The van der Waals surface area contributed by atoms with Crippen LogP contribution in [0.4, 0.5) is 0 Å². The number of carbonyl (C=O) groups excluding carboxylic acids is 2. The van der Waals surface area contributed by atoms with Crippen LogP contribution < -0.4 is 11.5 Å². The Kier molecular flexibility index (Phi) is 4.16. The lowest BCUT2D eigenvalue weighted by Crippen LogP contribution is -2.51. The van der Waals surface area contributed by atoms with Crippen LogP contribution in [0.15, 0.2) is 24.3 Å². The molecule has 0 bridgehead atoms. The summed E-state index contributed by atoms with van der Waals surface area (Å²) in [5.74, 6) is -0.197. The van der Waals surface area contributed by atoms with Gasteiger partial charge in [0, 0.05) is 25.4 Å². The lowest BCUT2D eigenvalue weighted by atomic mass is 9.92. The number of nitrogens with two attached hydrogens (primary N) is 2. The molecule has 5 nitrogen and oxygen atoms in total.